The second kappa shape index (κ2) is 8.33. The summed E-state index contributed by atoms with van der Waals surface area (Å²) in [4.78, 5) is 20.2. The van der Waals surface area contributed by atoms with Crippen molar-refractivity contribution in [2.75, 3.05) is 13.1 Å². The fourth-order valence-corrected chi connectivity index (χ4v) is 5.14. The number of thiophene rings is 1. The van der Waals surface area contributed by atoms with Crippen molar-refractivity contribution in [3.8, 4) is 0 Å². The number of rotatable bonds is 5. The number of aliphatic hydroxyl groups excluding tert-OH is 1. The lowest BCUT2D eigenvalue weighted by molar-refractivity contribution is 0.0470. The molecule has 1 aliphatic rings. The summed E-state index contributed by atoms with van der Waals surface area (Å²) >= 11 is 3.14. The highest BCUT2D eigenvalue weighted by atomic mass is 32.1. The van der Waals surface area contributed by atoms with E-state index in [9.17, 15) is 9.90 Å². The number of carbonyl (C=O) groups excluding carboxylic acids is 1. The zero-order valence-corrected chi connectivity index (χ0v) is 16.6. The maximum absolute atomic E-state index is 12.8. The predicted molar refractivity (Wildman–Crippen MR) is 109 cm³/mol. The molecule has 1 N–H and O–H groups in total. The van der Waals surface area contributed by atoms with Crippen molar-refractivity contribution < 1.29 is 9.90 Å². The zero-order chi connectivity index (χ0) is 18.6. The first-order chi connectivity index (χ1) is 13.2. The van der Waals surface area contributed by atoms with Gasteiger partial charge < -0.3 is 10.0 Å². The molecule has 1 atom stereocenters. The van der Waals surface area contributed by atoms with Crippen molar-refractivity contribution in [2.45, 2.75) is 25.4 Å². The first kappa shape index (κ1) is 18.3. The zero-order valence-electron chi connectivity index (χ0n) is 15.0. The Morgan fingerprint density at radius 2 is 1.93 bits per heavy atom. The van der Waals surface area contributed by atoms with Gasteiger partial charge in [-0.05, 0) is 35.8 Å². The number of aromatic nitrogens is 1. The molecule has 3 aromatic rings. The fraction of sp³-hybridized carbons (Fsp3) is 0.333. The average Bonchev–Trinajstić information content (AvgIpc) is 3.40. The first-order valence-electron chi connectivity index (χ1n) is 9.20. The Hall–Kier alpha value is -2.02. The molecule has 1 amide bonds. The van der Waals surface area contributed by atoms with E-state index < -0.39 is 6.10 Å². The van der Waals surface area contributed by atoms with Crippen LogP contribution in [0.2, 0.25) is 0 Å². The molecule has 1 saturated heterocycles. The highest BCUT2D eigenvalue weighted by molar-refractivity contribution is 7.10. The van der Waals surface area contributed by atoms with Gasteiger partial charge in [0.15, 0.2) is 0 Å². The van der Waals surface area contributed by atoms with Gasteiger partial charge in [-0.1, -0.05) is 36.4 Å². The molecule has 0 radical (unpaired) electrons. The van der Waals surface area contributed by atoms with Crippen LogP contribution in [0.25, 0.3) is 0 Å². The molecule has 3 heterocycles. The molecular weight excluding hydrogens is 376 g/mol. The van der Waals surface area contributed by atoms with Crippen molar-refractivity contribution in [1.82, 2.24) is 9.88 Å². The van der Waals surface area contributed by atoms with Crippen LogP contribution >= 0.6 is 22.7 Å². The number of benzene rings is 1. The van der Waals surface area contributed by atoms with E-state index in [2.05, 4.69) is 17.1 Å². The number of hydrogen-bond donors (Lipinski definition) is 1. The van der Waals surface area contributed by atoms with Crippen LogP contribution in [-0.4, -0.2) is 34.0 Å². The van der Waals surface area contributed by atoms with Crippen LogP contribution in [0.4, 0.5) is 0 Å². The number of likely N-dealkylation sites (tertiary alicyclic amines) is 1. The van der Waals surface area contributed by atoms with Gasteiger partial charge >= 0.3 is 0 Å². The lowest BCUT2D eigenvalue weighted by Gasteiger charge is -2.33. The summed E-state index contributed by atoms with van der Waals surface area (Å²) in [6.45, 7) is 1.36. The van der Waals surface area contributed by atoms with Crippen LogP contribution in [0.15, 0.2) is 53.2 Å². The van der Waals surface area contributed by atoms with E-state index in [0.717, 1.165) is 29.1 Å². The second-order valence-corrected chi connectivity index (χ2v) is 8.80. The Morgan fingerprint density at radius 1 is 1.15 bits per heavy atom. The number of nitrogens with zero attached hydrogens (tertiary/aromatic N) is 2. The molecule has 1 unspecified atom stereocenters. The van der Waals surface area contributed by atoms with Gasteiger partial charge in [0.05, 0.1) is 11.1 Å². The summed E-state index contributed by atoms with van der Waals surface area (Å²) in [7, 11) is 0. The van der Waals surface area contributed by atoms with Gasteiger partial charge in [0.25, 0.3) is 5.91 Å². The summed E-state index contributed by atoms with van der Waals surface area (Å²) in [6.07, 6.45) is 1.99. The standard InChI is InChI=1S/C21H22N2O2S2/c24-20(18-7-4-12-26-18)16-8-10-23(11-9-16)21(25)17-14-27-19(22-17)13-15-5-2-1-3-6-15/h1-7,12,14,16,20,24H,8-11,13H2. The second-order valence-electron chi connectivity index (χ2n) is 6.88. The van der Waals surface area contributed by atoms with Gasteiger partial charge in [0.1, 0.15) is 5.69 Å². The van der Waals surface area contributed by atoms with Crippen LogP contribution in [0.5, 0.6) is 0 Å². The third kappa shape index (κ3) is 4.29. The molecule has 1 fully saturated rings. The molecule has 140 valence electrons. The minimum Gasteiger partial charge on any atom is -0.387 e. The van der Waals surface area contributed by atoms with Crippen molar-refractivity contribution in [2.24, 2.45) is 5.92 Å². The van der Waals surface area contributed by atoms with Gasteiger partial charge in [-0.3, -0.25) is 4.79 Å². The van der Waals surface area contributed by atoms with Crippen LogP contribution in [-0.2, 0) is 6.42 Å². The third-order valence-corrected chi connectivity index (χ3v) is 6.87. The van der Waals surface area contributed by atoms with E-state index in [1.165, 1.54) is 5.56 Å². The summed E-state index contributed by atoms with van der Waals surface area (Å²) in [5, 5.41) is 15.3. The third-order valence-electron chi connectivity index (χ3n) is 5.08. The number of thiazole rings is 1. The van der Waals surface area contributed by atoms with Crippen LogP contribution < -0.4 is 0 Å². The Morgan fingerprint density at radius 3 is 2.63 bits per heavy atom. The van der Waals surface area contributed by atoms with Crippen molar-refractivity contribution in [3.05, 3.63) is 74.4 Å². The topological polar surface area (TPSA) is 53.4 Å². The normalized spacial score (nSPS) is 16.4. The number of amides is 1. The molecule has 0 bridgehead atoms. The van der Waals surface area contributed by atoms with E-state index in [0.29, 0.717) is 18.8 Å². The monoisotopic (exact) mass is 398 g/mol. The molecule has 0 saturated carbocycles. The number of carbonyl (C=O) groups is 1. The van der Waals surface area contributed by atoms with E-state index in [-0.39, 0.29) is 11.8 Å². The predicted octanol–water partition coefficient (Wildman–Crippen LogP) is 4.38. The van der Waals surface area contributed by atoms with Gasteiger partial charge in [0.2, 0.25) is 0 Å². The molecule has 0 spiro atoms. The van der Waals surface area contributed by atoms with Gasteiger partial charge in [-0.2, -0.15) is 0 Å². The number of piperidine rings is 1. The fourth-order valence-electron chi connectivity index (χ4n) is 3.53. The van der Waals surface area contributed by atoms with Crippen LogP contribution in [0, 0.1) is 5.92 Å². The van der Waals surface area contributed by atoms with E-state index in [1.54, 1.807) is 22.7 Å². The molecule has 4 rings (SSSR count). The van der Waals surface area contributed by atoms with Crippen LogP contribution in [0.3, 0.4) is 0 Å². The largest absolute Gasteiger partial charge is 0.387 e. The molecular formula is C21H22N2O2S2. The Labute approximate surface area is 167 Å². The summed E-state index contributed by atoms with van der Waals surface area (Å²) in [5.74, 6) is 0.228. The Bertz CT molecular complexity index is 869. The molecule has 6 heteroatoms. The van der Waals surface area contributed by atoms with Gasteiger partial charge in [0, 0.05) is 29.8 Å². The molecule has 1 aromatic carbocycles. The molecule has 1 aliphatic heterocycles. The maximum atomic E-state index is 12.8. The molecule has 0 aliphatic carbocycles. The average molecular weight is 399 g/mol. The van der Waals surface area contributed by atoms with E-state index >= 15 is 0 Å². The minimum atomic E-state index is -0.418. The lowest BCUT2D eigenvalue weighted by Crippen LogP contribution is -2.39. The van der Waals surface area contributed by atoms with E-state index in [4.69, 9.17) is 0 Å². The smallest absolute Gasteiger partial charge is 0.273 e. The Kier molecular flexibility index (Phi) is 5.66. The summed E-state index contributed by atoms with van der Waals surface area (Å²) in [6, 6.07) is 14.1. The van der Waals surface area contributed by atoms with Crippen molar-refractivity contribution in [3.63, 3.8) is 0 Å². The molecule has 2 aromatic heterocycles. The highest BCUT2D eigenvalue weighted by Gasteiger charge is 2.29. The first-order valence-corrected chi connectivity index (χ1v) is 11.0. The summed E-state index contributed by atoms with van der Waals surface area (Å²) < 4.78 is 0. The van der Waals surface area contributed by atoms with Crippen molar-refractivity contribution in [1.29, 1.82) is 0 Å². The SMILES string of the molecule is O=C(c1csc(Cc2ccccc2)n1)N1CCC(C(O)c2cccs2)CC1. The van der Waals surface area contributed by atoms with E-state index in [1.807, 2.05) is 46.0 Å². The van der Waals surface area contributed by atoms with Crippen LogP contribution in [0.1, 0.15) is 44.9 Å². The summed E-state index contributed by atoms with van der Waals surface area (Å²) in [5.41, 5.74) is 1.75. The maximum Gasteiger partial charge on any atom is 0.273 e. The van der Waals surface area contributed by atoms with Crippen molar-refractivity contribution >= 4 is 28.6 Å². The lowest BCUT2D eigenvalue weighted by atomic mass is 9.90. The highest BCUT2D eigenvalue weighted by Crippen LogP contribution is 2.33. The Balaban J connectivity index is 1.34. The number of hydrogen-bond acceptors (Lipinski definition) is 5. The van der Waals surface area contributed by atoms with Gasteiger partial charge in [-0.15, -0.1) is 22.7 Å². The quantitative estimate of drug-likeness (QED) is 0.694. The van der Waals surface area contributed by atoms with Gasteiger partial charge in [-0.25, -0.2) is 4.98 Å². The number of aliphatic hydroxyl groups is 1. The molecule has 4 nitrogen and oxygen atoms in total. The molecule has 27 heavy (non-hydrogen) atoms. The minimum absolute atomic E-state index is 0.00891.